The van der Waals surface area contributed by atoms with E-state index in [1.165, 1.54) is 0 Å². The van der Waals surface area contributed by atoms with Gasteiger partial charge in [-0.25, -0.2) is 4.98 Å². The fourth-order valence-corrected chi connectivity index (χ4v) is 3.12. The first-order valence-corrected chi connectivity index (χ1v) is 8.04. The maximum Gasteiger partial charge on any atom is 0.223 e. The number of benzene rings is 1. The molecule has 0 aliphatic carbocycles. The molecule has 0 saturated carbocycles. The third-order valence-corrected chi connectivity index (χ3v) is 4.18. The predicted octanol–water partition coefficient (Wildman–Crippen LogP) is 3.06. The van der Waals surface area contributed by atoms with E-state index >= 15 is 0 Å². The first-order valence-electron chi connectivity index (χ1n) is 8.04. The van der Waals surface area contributed by atoms with Crippen LogP contribution in [0.15, 0.2) is 30.5 Å². The largest absolute Gasteiger partial charge is 0.496 e. The van der Waals surface area contributed by atoms with Crippen molar-refractivity contribution in [1.29, 1.82) is 0 Å². The van der Waals surface area contributed by atoms with Crippen molar-refractivity contribution in [2.24, 2.45) is 5.92 Å². The molecule has 2 heterocycles. The van der Waals surface area contributed by atoms with E-state index in [0.29, 0.717) is 12.3 Å². The molecule has 5 heteroatoms. The van der Waals surface area contributed by atoms with E-state index in [0.717, 1.165) is 35.9 Å². The minimum atomic E-state index is 0.143. The number of H-pyrrole nitrogens is 1. The molecule has 5 nitrogen and oxygen atoms in total. The highest BCUT2D eigenvalue weighted by Gasteiger charge is 2.32. The van der Waals surface area contributed by atoms with Crippen molar-refractivity contribution in [3.63, 3.8) is 0 Å². The average Bonchev–Trinajstić information content (AvgIpc) is 3.14. The van der Waals surface area contributed by atoms with Crippen molar-refractivity contribution in [1.82, 2.24) is 14.9 Å². The molecule has 1 unspecified atom stereocenters. The summed E-state index contributed by atoms with van der Waals surface area (Å²) in [5.74, 6) is 2.54. The number of aromatic amines is 1. The molecular formula is C18H23N3O2. The Morgan fingerprint density at radius 3 is 2.91 bits per heavy atom. The molecule has 1 fully saturated rings. The molecule has 1 aliphatic heterocycles. The lowest BCUT2D eigenvalue weighted by molar-refractivity contribution is -0.128. The average molecular weight is 313 g/mol. The number of nitrogens with zero attached hydrogens (tertiary/aromatic N) is 2. The molecule has 1 aliphatic rings. The summed E-state index contributed by atoms with van der Waals surface area (Å²) < 4.78 is 5.40. The zero-order chi connectivity index (χ0) is 16.4. The lowest BCUT2D eigenvalue weighted by Crippen LogP contribution is -2.29. The molecule has 0 spiro atoms. The number of hydrogen-bond donors (Lipinski definition) is 1. The maximum absolute atomic E-state index is 12.1. The number of methoxy groups -OCH3 is 1. The highest BCUT2D eigenvalue weighted by atomic mass is 16.5. The van der Waals surface area contributed by atoms with Gasteiger partial charge in [-0.2, -0.15) is 0 Å². The molecule has 0 bridgehead atoms. The lowest BCUT2D eigenvalue weighted by Gasteiger charge is -2.18. The molecule has 1 atom stereocenters. The van der Waals surface area contributed by atoms with Gasteiger partial charge in [-0.1, -0.05) is 26.0 Å². The van der Waals surface area contributed by atoms with Crippen LogP contribution in [0.25, 0.3) is 11.3 Å². The predicted molar refractivity (Wildman–Crippen MR) is 89.4 cm³/mol. The van der Waals surface area contributed by atoms with Gasteiger partial charge >= 0.3 is 0 Å². The number of aromatic nitrogens is 2. The number of amides is 1. The Kier molecular flexibility index (Phi) is 4.37. The Balaban J connectivity index is 1.79. The molecule has 3 rings (SSSR count). The number of carbonyl (C=O) groups excluding carboxylic acids is 1. The van der Waals surface area contributed by atoms with Crippen molar-refractivity contribution in [3.05, 3.63) is 36.3 Å². The van der Waals surface area contributed by atoms with E-state index in [9.17, 15) is 4.79 Å². The van der Waals surface area contributed by atoms with Crippen LogP contribution >= 0.6 is 0 Å². The molecule has 0 radical (unpaired) electrons. The van der Waals surface area contributed by atoms with Crippen LogP contribution in [0.3, 0.4) is 0 Å². The van der Waals surface area contributed by atoms with Crippen molar-refractivity contribution in [2.75, 3.05) is 20.2 Å². The van der Waals surface area contributed by atoms with Crippen LogP contribution in [-0.4, -0.2) is 41.0 Å². The normalized spacial score (nSPS) is 18.0. The van der Waals surface area contributed by atoms with Crippen LogP contribution in [-0.2, 0) is 4.79 Å². The number of para-hydroxylation sites is 1. The summed E-state index contributed by atoms with van der Waals surface area (Å²) in [6, 6.07) is 7.85. The minimum Gasteiger partial charge on any atom is -0.496 e. The van der Waals surface area contributed by atoms with E-state index < -0.39 is 0 Å². The maximum atomic E-state index is 12.1. The van der Waals surface area contributed by atoms with Gasteiger partial charge in [-0.15, -0.1) is 0 Å². The summed E-state index contributed by atoms with van der Waals surface area (Å²) in [7, 11) is 1.66. The zero-order valence-electron chi connectivity index (χ0n) is 13.9. The monoisotopic (exact) mass is 313 g/mol. The van der Waals surface area contributed by atoms with Crippen LogP contribution in [0.5, 0.6) is 5.75 Å². The molecule has 1 aromatic carbocycles. The molecule has 122 valence electrons. The summed E-state index contributed by atoms with van der Waals surface area (Å²) >= 11 is 0. The quantitative estimate of drug-likeness (QED) is 0.923. The Labute approximate surface area is 136 Å². The number of rotatable bonds is 5. The Hall–Kier alpha value is -2.30. The van der Waals surface area contributed by atoms with Gasteiger partial charge in [0.05, 0.1) is 19.0 Å². The number of carbonyl (C=O) groups is 1. The summed E-state index contributed by atoms with van der Waals surface area (Å²) in [6.45, 7) is 5.83. The molecule has 1 amide bonds. The van der Waals surface area contributed by atoms with Crippen molar-refractivity contribution in [3.8, 4) is 17.0 Å². The Morgan fingerprint density at radius 1 is 1.39 bits per heavy atom. The summed E-state index contributed by atoms with van der Waals surface area (Å²) in [5.41, 5.74) is 1.91. The fraction of sp³-hybridized carbons (Fsp3) is 0.444. The van der Waals surface area contributed by atoms with Gasteiger partial charge in [0.15, 0.2) is 0 Å². The van der Waals surface area contributed by atoms with Crippen LogP contribution in [0.2, 0.25) is 0 Å². The summed E-state index contributed by atoms with van der Waals surface area (Å²) in [5, 5.41) is 0. The second-order valence-corrected chi connectivity index (χ2v) is 6.48. The smallest absolute Gasteiger partial charge is 0.223 e. The van der Waals surface area contributed by atoms with Crippen molar-refractivity contribution in [2.45, 2.75) is 26.2 Å². The van der Waals surface area contributed by atoms with E-state index in [1.807, 2.05) is 35.4 Å². The number of likely N-dealkylation sites (tertiary alicyclic amines) is 1. The minimum absolute atomic E-state index is 0.143. The van der Waals surface area contributed by atoms with Gasteiger partial charge < -0.3 is 14.6 Å². The Morgan fingerprint density at radius 2 is 2.17 bits per heavy atom. The van der Waals surface area contributed by atoms with Crippen LogP contribution in [0, 0.1) is 5.92 Å². The molecule has 1 saturated heterocycles. The van der Waals surface area contributed by atoms with Crippen LogP contribution in [0.1, 0.15) is 32.0 Å². The third-order valence-electron chi connectivity index (χ3n) is 4.18. The molecule has 1 N–H and O–H groups in total. The van der Waals surface area contributed by atoms with Gasteiger partial charge in [-0.3, -0.25) is 4.79 Å². The Bertz CT molecular complexity index is 693. The van der Waals surface area contributed by atoms with Crippen LogP contribution < -0.4 is 4.74 Å². The van der Waals surface area contributed by atoms with Gasteiger partial charge in [0, 0.05) is 31.0 Å². The van der Waals surface area contributed by atoms with Gasteiger partial charge in [-0.05, 0) is 18.1 Å². The van der Waals surface area contributed by atoms with Crippen molar-refractivity contribution >= 4 is 5.91 Å². The van der Waals surface area contributed by atoms with Gasteiger partial charge in [0.25, 0.3) is 0 Å². The zero-order valence-corrected chi connectivity index (χ0v) is 13.9. The fourth-order valence-electron chi connectivity index (χ4n) is 3.12. The topological polar surface area (TPSA) is 58.2 Å². The molecular weight excluding hydrogens is 290 g/mol. The van der Waals surface area contributed by atoms with Crippen molar-refractivity contribution < 1.29 is 9.53 Å². The van der Waals surface area contributed by atoms with E-state index in [4.69, 9.17) is 4.74 Å². The van der Waals surface area contributed by atoms with Crippen LogP contribution in [0.4, 0.5) is 0 Å². The molecule has 2 aromatic rings. The SMILES string of the molecule is COc1ccccc1-c1cnc(C2CC(=O)N(CC(C)C)C2)[nH]1. The van der Waals surface area contributed by atoms with E-state index in [1.54, 1.807) is 7.11 Å². The third kappa shape index (κ3) is 3.23. The first-order chi connectivity index (χ1) is 11.1. The second kappa shape index (κ2) is 6.44. The lowest BCUT2D eigenvalue weighted by atomic mass is 10.1. The van der Waals surface area contributed by atoms with E-state index in [2.05, 4.69) is 23.8 Å². The van der Waals surface area contributed by atoms with Gasteiger partial charge in [0.2, 0.25) is 5.91 Å². The first kappa shape index (κ1) is 15.6. The number of imidazole rings is 1. The standard InChI is InChI=1S/C18H23N3O2/c1-12(2)10-21-11-13(8-17(21)22)18-19-9-15(20-18)14-6-4-5-7-16(14)23-3/h4-7,9,12-13H,8,10-11H2,1-3H3,(H,19,20). The number of ether oxygens (including phenoxy) is 1. The summed E-state index contributed by atoms with van der Waals surface area (Å²) in [4.78, 5) is 22.0. The molecule has 23 heavy (non-hydrogen) atoms. The number of hydrogen-bond acceptors (Lipinski definition) is 3. The summed E-state index contributed by atoms with van der Waals surface area (Å²) in [6.07, 6.45) is 2.36. The van der Waals surface area contributed by atoms with Gasteiger partial charge in [0.1, 0.15) is 11.6 Å². The van der Waals surface area contributed by atoms with E-state index in [-0.39, 0.29) is 11.8 Å². The second-order valence-electron chi connectivity index (χ2n) is 6.48. The molecule has 1 aromatic heterocycles. The highest BCUT2D eigenvalue weighted by molar-refractivity contribution is 5.79. The highest BCUT2D eigenvalue weighted by Crippen LogP contribution is 2.31. The number of nitrogens with one attached hydrogen (secondary N) is 1.